The van der Waals surface area contributed by atoms with Crippen LogP contribution in [0.3, 0.4) is 0 Å². The number of anilines is 1. The van der Waals surface area contributed by atoms with Crippen molar-refractivity contribution < 1.29 is 8.42 Å². The number of para-hydroxylation sites is 1. The van der Waals surface area contributed by atoms with Crippen LogP contribution in [0.1, 0.15) is 18.7 Å². The normalized spacial score (nSPS) is 13.1. The van der Waals surface area contributed by atoms with Gasteiger partial charge in [-0.25, -0.2) is 4.31 Å². The highest BCUT2D eigenvalue weighted by Crippen LogP contribution is 2.29. The van der Waals surface area contributed by atoms with Gasteiger partial charge in [-0.1, -0.05) is 24.3 Å². The van der Waals surface area contributed by atoms with Crippen LogP contribution in [-0.4, -0.2) is 31.8 Å². The number of hydrogen-bond acceptors (Lipinski definition) is 3. The highest BCUT2D eigenvalue weighted by molar-refractivity contribution is 7.90. The predicted octanol–water partition coefficient (Wildman–Crippen LogP) is 2.46. The molecular formula is C15H19N3O2S. The fourth-order valence-electron chi connectivity index (χ4n) is 2.05. The molecule has 0 spiro atoms. The second kappa shape index (κ2) is 6.24. The maximum absolute atomic E-state index is 12.7. The highest BCUT2D eigenvalue weighted by atomic mass is 32.2. The number of hydrogen-bond donors (Lipinski definition) is 0. The van der Waals surface area contributed by atoms with Gasteiger partial charge >= 0.3 is 10.2 Å². The van der Waals surface area contributed by atoms with Crippen LogP contribution < -0.4 is 4.31 Å². The van der Waals surface area contributed by atoms with Crippen LogP contribution in [0, 0.1) is 0 Å². The molecule has 1 heterocycles. The Morgan fingerprint density at radius 3 is 2.14 bits per heavy atom. The number of nitrogens with zero attached hydrogens (tertiary/aromatic N) is 3. The minimum absolute atomic E-state index is 0.402. The number of pyridine rings is 1. The summed E-state index contributed by atoms with van der Waals surface area (Å²) in [6, 6.07) is 14.1. The molecule has 1 atom stereocenters. The Kier molecular flexibility index (Phi) is 4.59. The monoisotopic (exact) mass is 305 g/mol. The molecule has 6 heteroatoms. The van der Waals surface area contributed by atoms with E-state index < -0.39 is 16.3 Å². The molecule has 0 aliphatic carbocycles. The van der Waals surface area contributed by atoms with Crippen LogP contribution in [0.15, 0.2) is 54.7 Å². The molecule has 0 amide bonds. The van der Waals surface area contributed by atoms with E-state index in [1.54, 1.807) is 18.3 Å². The van der Waals surface area contributed by atoms with E-state index in [2.05, 4.69) is 4.98 Å². The van der Waals surface area contributed by atoms with Crippen LogP contribution >= 0.6 is 0 Å². The Morgan fingerprint density at radius 2 is 1.62 bits per heavy atom. The Labute approximate surface area is 126 Å². The zero-order chi connectivity index (χ0) is 15.5. The number of rotatable bonds is 5. The van der Waals surface area contributed by atoms with Crippen LogP contribution in [-0.2, 0) is 10.2 Å². The lowest BCUT2D eigenvalue weighted by atomic mass is 10.2. The summed E-state index contributed by atoms with van der Waals surface area (Å²) in [5.41, 5.74) is 1.32. The molecule has 21 heavy (non-hydrogen) atoms. The van der Waals surface area contributed by atoms with E-state index in [4.69, 9.17) is 0 Å². The van der Waals surface area contributed by atoms with Gasteiger partial charge in [-0.3, -0.25) is 4.98 Å². The first-order chi connectivity index (χ1) is 9.94. The zero-order valence-electron chi connectivity index (χ0n) is 12.3. The lowest BCUT2D eigenvalue weighted by Gasteiger charge is -2.32. The third kappa shape index (κ3) is 3.22. The molecule has 5 nitrogen and oxygen atoms in total. The van der Waals surface area contributed by atoms with Crippen molar-refractivity contribution in [2.75, 3.05) is 18.4 Å². The van der Waals surface area contributed by atoms with E-state index >= 15 is 0 Å². The average Bonchev–Trinajstić information content (AvgIpc) is 2.49. The van der Waals surface area contributed by atoms with Crippen LogP contribution in [0.4, 0.5) is 5.69 Å². The Morgan fingerprint density at radius 1 is 1.00 bits per heavy atom. The van der Waals surface area contributed by atoms with Gasteiger partial charge in [0.05, 0.1) is 17.4 Å². The number of benzene rings is 1. The van der Waals surface area contributed by atoms with Gasteiger partial charge in [0.1, 0.15) is 0 Å². The molecule has 0 N–H and O–H groups in total. The first kappa shape index (κ1) is 15.5. The Hall–Kier alpha value is -1.92. The molecule has 0 aliphatic heterocycles. The fourth-order valence-corrected chi connectivity index (χ4v) is 3.30. The van der Waals surface area contributed by atoms with Crippen molar-refractivity contribution in [3.05, 3.63) is 60.4 Å². The fraction of sp³-hybridized carbons (Fsp3) is 0.267. The molecule has 0 saturated carbocycles. The molecule has 1 aromatic carbocycles. The van der Waals surface area contributed by atoms with Gasteiger partial charge in [0.25, 0.3) is 0 Å². The molecule has 0 saturated heterocycles. The van der Waals surface area contributed by atoms with Crippen molar-refractivity contribution in [1.82, 2.24) is 9.29 Å². The molecule has 0 bridgehead atoms. The molecule has 0 fully saturated rings. The summed E-state index contributed by atoms with van der Waals surface area (Å²) in [7, 11) is -0.564. The molecule has 0 radical (unpaired) electrons. The lowest BCUT2D eigenvalue weighted by molar-refractivity contribution is 0.508. The van der Waals surface area contributed by atoms with Crippen molar-refractivity contribution >= 4 is 15.9 Å². The number of aromatic nitrogens is 1. The summed E-state index contributed by atoms with van der Waals surface area (Å²) in [4.78, 5) is 4.27. The maximum Gasteiger partial charge on any atom is 0.304 e. The van der Waals surface area contributed by atoms with Crippen LogP contribution in [0.25, 0.3) is 0 Å². The third-order valence-electron chi connectivity index (χ3n) is 3.19. The minimum atomic E-state index is -3.61. The molecule has 112 valence electrons. The molecule has 2 aromatic rings. The topological polar surface area (TPSA) is 53.5 Å². The maximum atomic E-state index is 12.7. The van der Waals surface area contributed by atoms with E-state index in [0.717, 1.165) is 0 Å². The van der Waals surface area contributed by atoms with E-state index in [1.165, 1.54) is 22.7 Å². The van der Waals surface area contributed by atoms with Crippen LogP contribution in [0.5, 0.6) is 0 Å². The van der Waals surface area contributed by atoms with Gasteiger partial charge in [0, 0.05) is 20.3 Å². The largest absolute Gasteiger partial charge is 0.304 e. The van der Waals surface area contributed by atoms with Crippen molar-refractivity contribution in [2.45, 2.75) is 13.0 Å². The molecule has 1 aromatic heterocycles. The highest BCUT2D eigenvalue weighted by Gasteiger charge is 2.30. The molecule has 0 aliphatic rings. The van der Waals surface area contributed by atoms with Gasteiger partial charge in [-0.05, 0) is 31.2 Å². The molecule has 1 unspecified atom stereocenters. The average molecular weight is 305 g/mol. The van der Waals surface area contributed by atoms with Gasteiger partial charge in [0.2, 0.25) is 0 Å². The second-order valence-corrected chi connectivity index (χ2v) is 6.87. The summed E-state index contributed by atoms with van der Waals surface area (Å²) in [5.74, 6) is 0. The molecular weight excluding hydrogens is 286 g/mol. The predicted molar refractivity (Wildman–Crippen MR) is 84.2 cm³/mol. The van der Waals surface area contributed by atoms with Crippen molar-refractivity contribution in [1.29, 1.82) is 0 Å². The quantitative estimate of drug-likeness (QED) is 0.852. The van der Waals surface area contributed by atoms with Gasteiger partial charge in [-0.2, -0.15) is 12.7 Å². The van der Waals surface area contributed by atoms with Gasteiger partial charge in [-0.15, -0.1) is 0 Å². The zero-order valence-corrected chi connectivity index (χ0v) is 13.2. The van der Waals surface area contributed by atoms with E-state index in [9.17, 15) is 8.42 Å². The lowest BCUT2D eigenvalue weighted by Crippen LogP contribution is -2.41. The van der Waals surface area contributed by atoms with Crippen molar-refractivity contribution in [3.63, 3.8) is 0 Å². The SMILES string of the molecule is CC(c1ccccn1)N(c1ccccc1)S(=O)(=O)N(C)C. The smallest absolute Gasteiger partial charge is 0.259 e. The first-order valence-corrected chi connectivity index (χ1v) is 8.02. The summed E-state index contributed by atoms with van der Waals surface area (Å²) in [6.07, 6.45) is 1.66. The van der Waals surface area contributed by atoms with Crippen molar-refractivity contribution in [3.8, 4) is 0 Å². The van der Waals surface area contributed by atoms with E-state index in [-0.39, 0.29) is 0 Å². The summed E-state index contributed by atoms with van der Waals surface area (Å²) >= 11 is 0. The van der Waals surface area contributed by atoms with Gasteiger partial charge in [0.15, 0.2) is 0 Å². The first-order valence-electron chi connectivity index (χ1n) is 6.62. The van der Waals surface area contributed by atoms with Crippen molar-refractivity contribution in [2.24, 2.45) is 0 Å². The molecule has 2 rings (SSSR count). The Bertz CT molecular complexity index is 673. The summed E-state index contributed by atoms with van der Waals surface area (Å²) in [6.45, 7) is 1.83. The van der Waals surface area contributed by atoms with Crippen LogP contribution in [0.2, 0.25) is 0 Å². The van der Waals surface area contributed by atoms with E-state index in [1.807, 2.05) is 43.3 Å². The summed E-state index contributed by atoms with van der Waals surface area (Å²) < 4.78 is 27.9. The summed E-state index contributed by atoms with van der Waals surface area (Å²) in [5, 5.41) is 0. The van der Waals surface area contributed by atoms with Gasteiger partial charge < -0.3 is 0 Å². The Balaban J connectivity index is 2.52. The minimum Gasteiger partial charge on any atom is -0.259 e. The second-order valence-electron chi connectivity index (χ2n) is 4.85. The standard InChI is InChI=1S/C15H19N3O2S/c1-13(15-11-7-8-12-16-15)18(21(19,20)17(2)3)14-9-5-4-6-10-14/h4-13H,1-3H3. The van der Waals surface area contributed by atoms with E-state index in [0.29, 0.717) is 11.4 Å². The third-order valence-corrected chi connectivity index (χ3v) is 5.14.